The lowest BCUT2D eigenvalue weighted by molar-refractivity contribution is 0.0911. The number of hydrogen-bond acceptors (Lipinski definition) is 3. The molecule has 1 saturated heterocycles. The molecule has 0 bridgehead atoms. The molecule has 2 fully saturated rings. The Morgan fingerprint density at radius 3 is 2.56 bits per heavy atom. The van der Waals surface area contributed by atoms with Crippen LogP contribution in [0.25, 0.3) is 0 Å². The number of likely N-dealkylation sites (N-methyl/N-ethyl adjacent to an activating group) is 1. The van der Waals surface area contributed by atoms with E-state index in [4.69, 9.17) is 10.5 Å². The van der Waals surface area contributed by atoms with E-state index in [2.05, 4.69) is 11.9 Å². The van der Waals surface area contributed by atoms with Crippen LogP contribution < -0.4 is 5.73 Å². The van der Waals surface area contributed by atoms with Crippen LogP contribution in [0.5, 0.6) is 0 Å². The summed E-state index contributed by atoms with van der Waals surface area (Å²) in [5.74, 6) is 0.664. The molecule has 94 valence electrons. The van der Waals surface area contributed by atoms with Gasteiger partial charge < -0.3 is 10.5 Å². The van der Waals surface area contributed by atoms with Crippen molar-refractivity contribution in [2.45, 2.75) is 50.6 Å². The molecule has 2 unspecified atom stereocenters. The van der Waals surface area contributed by atoms with Crippen molar-refractivity contribution in [3.8, 4) is 0 Å². The molecule has 1 saturated carbocycles. The van der Waals surface area contributed by atoms with Crippen LogP contribution in [-0.4, -0.2) is 43.8 Å². The molecule has 2 aliphatic rings. The largest absolute Gasteiger partial charge is 0.381 e. The Kier molecular flexibility index (Phi) is 4.62. The van der Waals surface area contributed by atoms with Crippen LogP contribution in [-0.2, 0) is 4.74 Å². The quantitative estimate of drug-likeness (QED) is 0.791. The van der Waals surface area contributed by atoms with E-state index in [1.54, 1.807) is 0 Å². The summed E-state index contributed by atoms with van der Waals surface area (Å²) in [6, 6.07) is 1.30. The topological polar surface area (TPSA) is 38.5 Å². The molecule has 2 N–H and O–H groups in total. The second-order valence-corrected chi connectivity index (χ2v) is 5.38. The highest BCUT2D eigenvalue weighted by molar-refractivity contribution is 4.86. The van der Waals surface area contributed by atoms with E-state index < -0.39 is 0 Å². The van der Waals surface area contributed by atoms with E-state index in [-0.39, 0.29) is 0 Å². The molecule has 0 spiro atoms. The smallest absolute Gasteiger partial charge is 0.0510 e. The van der Waals surface area contributed by atoms with Gasteiger partial charge in [-0.25, -0.2) is 0 Å². The summed E-state index contributed by atoms with van der Waals surface area (Å²) >= 11 is 0. The molecule has 3 heteroatoms. The van der Waals surface area contributed by atoms with Gasteiger partial charge in [0.25, 0.3) is 0 Å². The molecule has 0 radical (unpaired) electrons. The highest BCUT2D eigenvalue weighted by Crippen LogP contribution is 2.27. The number of nitrogens with zero attached hydrogens (tertiary/aromatic N) is 1. The molecular formula is C13H26N2O. The number of nitrogens with two attached hydrogens (primary N) is 1. The summed E-state index contributed by atoms with van der Waals surface area (Å²) in [7, 11) is 2.27. The van der Waals surface area contributed by atoms with Crippen molar-refractivity contribution in [3.63, 3.8) is 0 Å². The Bertz CT molecular complexity index is 198. The first-order chi connectivity index (χ1) is 7.83. The van der Waals surface area contributed by atoms with E-state index in [9.17, 15) is 0 Å². The van der Waals surface area contributed by atoms with Crippen LogP contribution in [0.4, 0.5) is 0 Å². The van der Waals surface area contributed by atoms with Crippen molar-refractivity contribution >= 4 is 0 Å². The lowest BCUT2D eigenvalue weighted by Gasteiger charge is -2.39. The van der Waals surface area contributed by atoms with Crippen molar-refractivity contribution in [1.29, 1.82) is 0 Å². The lowest BCUT2D eigenvalue weighted by Crippen LogP contribution is -2.49. The van der Waals surface area contributed by atoms with E-state index >= 15 is 0 Å². The minimum Gasteiger partial charge on any atom is -0.381 e. The lowest BCUT2D eigenvalue weighted by atomic mass is 9.90. The molecule has 2 rings (SSSR count). The fourth-order valence-corrected chi connectivity index (χ4v) is 3.31. The Labute approximate surface area is 99.3 Å². The summed E-state index contributed by atoms with van der Waals surface area (Å²) in [4.78, 5) is 2.55. The van der Waals surface area contributed by atoms with Crippen LogP contribution >= 0.6 is 0 Å². The predicted octanol–water partition coefficient (Wildman–Crippen LogP) is 1.61. The van der Waals surface area contributed by atoms with Gasteiger partial charge in [0.05, 0.1) is 6.61 Å². The van der Waals surface area contributed by atoms with E-state index in [1.807, 2.05) is 0 Å². The van der Waals surface area contributed by atoms with Crippen LogP contribution in [0.15, 0.2) is 0 Å². The van der Waals surface area contributed by atoms with Crippen LogP contribution in [0.3, 0.4) is 0 Å². The molecule has 1 aliphatic heterocycles. The fraction of sp³-hybridized carbons (Fsp3) is 1.00. The molecule has 0 aromatic carbocycles. The zero-order valence-electron chi connectivity index (χ0n) is 10.5. The molecule has 0 aromatic heterocycles. The standard InChI is InChI=1S/C13H26N2O/c1-15(12-5-3-2-4-6-12)13(9-14)11-7-8-16-10-11/h11-13H,2-10,14H2,1H3. The number of hydrogen-bond donors (Lipinski definition) is 1. The summed E-state index contributed by atoms with van der Waals surface area (Å²) in [5.41, 5.74) is 5.96. The molecule has 0 aromatic rings. The third kappa shape index (κ3) is 2.76. The van der Waals surface area contributed by atoms with Crippen molar-refractivity contribution in [1.82, 2.24) is 4.90 Å². The first-order valence-corrected chi connectivity index (χ1v) is 6.82. The maximum atomic E-state index is 5.96. The molecule has 3 nitrogen and oxygen atoms in total. The Balaban J connectivity index is 1.90. The van der Waals surface area contributed by atoms with E-state index in [0.29, 0.717) is 12.0 Å². The van der Waals surface area contributed by atoms with Crippen molar-refractivity contribution in [3.05, 3.63) is 0 Å². The summed E-state index contributed by atoms with van der Waals surface area (Å²) in [5, 5.41) is 0. The van der Waals surface area contributed by atoms with Gasteiger partial charge in [0.15, 0.2) is 0 Å². The summed E-state index contributed by atoms with van der Waals surface area (Å²) in [6.45, 7) is 2.62. The molecule has 0 amide bonds. The zero-order valence-corrected chi connectivity index (χ0v) is 10.5. The zero-order chi connectivity index (χ0) is 11.4. The van der Waals surface area contributed by atoms with Gasteiger partial charge in [0.2, 0.25) is 0 Å². The van der Waals surface area contributed by atoms with Gasteiger partial charge in [-0.2, -0.15) is 0 Å². The van der Waals surface area contributed by atoms with Crippen LogP contribution in [0, 0.1) is 5.92 Å². The Morgan fingerprint density at radius 2 is 2.00 bits per heavy atom. The molecule has 16 heavy (non-hydrogen) atoms. The van der Waals surface area contributed by atoms with Crippen molar-refractivity contribution < 1.29 is 4.74 Å². The van der Waals surface area contributed by atoms with Gasteiger partial charge in [-0.1, -0.05) is 19.3 Å². The number of rotatable bonds is 4. The van der Waals surface area contributed by atoms with Gasteiger partial charge in [-0.15, -0.1) is 0 Å². The predicted molar refractivity (Wildman–Crippen MR) is 66.4 cm³/mol. The highest BCUT2D eigenvalue weighted by Gasteiger charge is 2.31. The van der Waals surface area contributed by atoms with Crippen molar-refractivity contribution in [2.24, 2.45) is 11.7 Å². The second kappa shape index (κ2) is 5.99. The van der Waals surface area contributed by atoms with Crippen LogP contribution in [0.1, 0.15) is 38.5 Å². The molecule has 1 heterocycles. The SMILES string of the molecule is CN(C1CCCCC1)C(CN)C1CCOC1. The van der Waals surface area contributed by atoms with Gasteiger partial charge in [0, 0.05) is 31.2 Å². The van der Waals surface area contributed by atoms with Gasteiger partial charge in [-0.05, 0) is 26.3 Å². The average molecular weight is 226 g/mol. The Morgan fingerprint density at radius 1 is 1.25 bits per heavy atom. The van der Waals surface area contributed by atoms with Gasteiger partial charge in [0.1, 0.15) is 0 Å². The number of ether oxygens (including phenoxy) is 1. The van der Waals surface area contributed by atoms with Crippen molar-refractivity contribution in [2.75, 3.05) is 26.8 Å². The minimum absolute atomic E-state index is 0.533. The summed E-state index contributed by atoms with van der Waals surface area (Å²) in [6.07, 6.45) is 8.13. The highest BCUT2D eigenvalue weighted by atomic mass is 16.5. The van der Waals surface area contributed by atoms with Gasteiger partial charge in [-0.3, -0.25) is 4.90 Å². The maximum Gasteiger partial charge on any atom is 0.0510 e. The van der Waals surface area contributed by atoms with E-state index in [0.717, 1.165) is 25.8 Å². The molecule has 2 atom stereocenters. The average Bonchev–Trinajstić information content (AvgIpc) is 2.85. The fourth-order valence-electron chi connectivity index (χ4n) is 3.31. The monoisotopic (exact) mass is 226 g/mol. The van der Waals surface area contributed by atoms with Gasteiger partial charge >= 0.3 is 0 Å². The first-order valence-electron chi connectivity index (χ1n) is 6.82. The second-order valence-electron chi connectivity index (χ2n) is 5.38. The maximum absolute atomic E-state index is 5.96. The molecule has 1 aliphatic carbocycles. The third-order valence-corrected chi connectivity index (χ3v) is 4.42. The molecular weight excluding hydrogens is 200 g/mol. The third-order valence-electron chi connectivity index (χ3n) is 4.42. The minimum atomic E-state index is 0.533. The van der Waals surface area contributed by atoms with Crippen LogP contribution in [0.2, 0.25) is 0 Å². The Hall–Kier alpha value is -0.120. The summed E-state index contributed by atoms with van der Waals surface area (Å²) < 4.78 is 5.50. The van der Waals surface area contributed by atoms with E-state index in [1.165, 1.54) is 38.5 Å². The first kappa shape index (κ1) is 12.3. The normalized spacial score (nSPS) is 29.8.